The molecule has 4 heteroatoms. The first-order valence-electron chi connectivity index (χ1n) is 6.61. The van der Waals surface area contributed by atoms with Crippen LogP contribution < -0.4 is 10.1 Å². The van der Waals surface area contributed by atoms with E-state index in [9.17, 15) is 4.79 Å². The number of nitrogens with zero attached hydrogens (tertiary/aromatic N) is 1. The van der Waals surface area contributed by atoms with Crippen LogP contribution in [-0.4, -0.2) is 44.1 Å². The molecule has 1 aliphatic rings. The smallest absolute Gasteiger partial charge is 0.246 e. The monoisotopic (exact) mass is 260 g/mol. The number of hydrogen-bond donors (Lipinski definition) is 1. The van der Waals surface area contributed by atoms with E-state index in [-0.39, 0.29) is 5.91 Å². The first kappa shape index (κ1) is 13.6. The van der Waals surface area contributed by atoms with Crippen LogP contribution in [0.3, 0.4) is 0 Å². The summed E-state index contributed by atoms with van der Waals surface area (Å²) in [6, 6.07) is 7.67. The maximum Gasteiger partial charge on any atom is 0.246 e. The lowest BCUT2D eigenvalue weighted by Crippen LogP contribution is -2.32. The highest BCUT2D eigenvalue weighted by atomic mass is 16.5. The maximum absolute atomic E-state index is 12.1. The Morgan fingerprint density at radius 2 is 2.26 bits per heavy atom. The molecule has 4 nitrogen and oxygen atoms in total. The van der Waals surface area contributed by atoms with Gasteiger partial charge in [0.25, 0.3) is 0 Å². The van der Waals surface area contributed by atoms with Gasteiger partial charge in [-0.05, 0) is 36.7 Å². The van der Waals surface area contributed by atoms with Gasteiger partial charge in [-0.25, -0.2) is 0 Å². The van der Waals surface area contributed by atoms with E-state index in [2.05, 4.69) is 5.32 Å². The summed E-state index contributed by atoms with van der Waals surface area (Å²) in [5, 5.41) is 3.29. The number of benzene rings is 1. The fourth-order valence-electron chi connectivity index (χ4n) is 2.08. The molecule has 1 aromatic rings. The molecule has 0 radical (unpaired) electrons. The van der Waals surface area contributed by atoms with Crippen molar-refractivity contribution in [2.75, 3.05) is 33.3 Å². The van der Waals surface area contributed by atoms with E-state index in [1.807, 2.05) is 35.2 Å². The van der Waals surface area contributed by atoms with Gasteiger partial charge in [-0.15, -0.1) is 0 Å². The number of ether oxygens (including phenoxy) is 1. The molecule has 0 bridgehead atoms. The minimum atomic E-state index is 0.0755. The lowest BCUT2D eigenvalue weighted by Gasteiger charge is -2.17. The van der Waals surface area contributed by atoms with E-state index in [1.54, 1.807) is 13.2 Å². The Kier molecular flexibility index (Phi) is 4.98. The third-order valence-electron chi connectivity index (χ3n) is 3.16. The van der Waals surface area contributed by atoms with Gasteiger partial charge in [0.15, 0.2) is 0 Å². The van der Waals surface area contributed by atoms with Crippen molar-refractivity contribution in [2.45, 2.75) is 6.42 Å². The SMILES string of the molecule is COc1cccc(/C=C/C(=O)N2CCCNCC2)c1. The van der Waals surface area contributed by atoms with E-state index < -0.39 is 0 Å². The number of hydrogen-bond acceptors (Lipinski definition) is 3. The van der Waals surface area contributed by atoms with Crippen molar-refractivity contribution < 1.29 is 9.53 Å². The molecule has 0 saturated carbocycles. The lowest BCUT2D eigenvalue weighted by molar-refractivity contribution is -0.125. The normalized spacial score (nSPS) is 16.4. The second-order valence-corrected chi connectivity index (χ2v) is 4.54. The third-order valence-corrected chi connectivity index (χ3v) is 3.16. The molecule has 0 unspecified atom stereocenters. The van der Waals surface area contributed by atoms with Gasteiger partial charge in [-0.2, -0.15) is 0 Å². The molecule has 0 aliphatic carbocycles. The third kappa shape index (κ3) is 4.10. The van der Waals surface area contributed by atoms with Crippen molar-refractivity contribution in [3.8, 4) is 5.75 Å². The van der Waals surface area contributed by atoms with Crippen LogP contribution in [0.5, 0.6) is 5.75 Å². The first-order chi connectivity index (χ1) is 9.29. The van der Waals surface area contributed by atoms with Crippen molar-refractivity contribution in [1.82, 2.24) is 10.2 Å². The minimum absolute atomic E-state index is 0.0755. The molecule has 0 spiro atoms. The quantitative estimate of drug-likeness (QED) is 0.838. The summed E-state index contributed by atoms with van der Waals surface area (Å²) in [7, 11) is 1.64. The topological polar surface area (TPSA) is 41.6 Å². The predicted molar refractivity (Wildman–Crippen MR) is 76.1 cm³/mol. The molecule has 0 aromatic heterocycles. The Balaban J connectivity index is 1.98. The standard InChI is InChI=1S/C15H20N2O2/c1-19-14-5-2-4-13(12-14)6-7-15(18)17-10-3-8-16-9-11-17/h2,4-7,12,16H,3,8-11H2,1H3/b7-6+. The Morgan fingerprint density at radius 1 is 1.37 bits per heavy atom. The number of rotatable bonds is 3. The zero-order valence-electron chi connectivity index (χ0n) is 11.3. The number of amides is 1. The summed E-state index contributed by atoms with van der Waals surface area (Å²) in [6.07, 6.45) is 4.49. The highest BCUT2D eigenvalue weighted by Crippen LogP contribution is 2.13. The van der Waals surface area contributed by atoms with Crippen molar-refractivity contribution in [1.29, 1.82) is 0 Å². The molecule has 1 fully saturated rings. The Bertz CT molecular complexity index is 449. The number of nitrogens with one attached hydrogen (secondary N) is 1. The van der Waals surface area contributed by atoms with Gasteiger partial charge in [-0.3, -0.25) is 4.79 Å². The van der Waals surface area contributed by atoms with Crippen LogP contribution in [0, 0.1) is 0 Å². The molecular formula is C15H20N2O2. The molecule has 1 aromatic carbocycles. The van der Waals surface area contributed by atoms with Crippen LogP contribution in [0.1, 0.15) is 12.0 Å². The van der Waals surface area contributed by atoms with E-state index in [4.69, 9.17) is 4.74 Å². The molecule has 102 valence electrons. The summed E-state index contributed by atoms with van der Waals surface area (Å²) in [4.78, 5) is 13.9. The average Bonchev–Trinajstić information content (AvgIpc) is 2.74. The van der Waals surface area contributed by atoms with Crippen molar-refractivity contribution in [2.24, 2.45) is 0 Å². The van der Waals surface area contributed by atoms with Gasteiger partial charge < -0.3 is 15.0 Å². The Hall–Kier alpha value is -1.81. The van der Waals surface area contributed by atoms with Crippen LogP contribution >= 0.6 is 0 Å². The molecule has 1 N–H and O–H groups in total. The van der Waals surface area contributed by atoms with Crippen LogP contribution in [0.15, 0.2) is 30.3 Å². The molecule has 19 heavy (non-hydrogen) atoms. The fraction of sp³-hybridized carbons (Fsp3) is 0.400. The highest BCUT2D eigenvalue weighted by molar-refractivity contribution is 5.91. The van der Waals surface area contributed by atoms with Crippen LogP contribution in [-0.2, 0) is 4.79 Å². The van der Waals surface area contributed by atoms with Crippen LogP contribution in [0.25, 0.3) is 6.08 Å². The van der Waals surface area contributed by atoms with E-state index >= 15 is 0 Å². The van der Waals surface area contributed by atoms with E-state index in [0.717, 1.165) is 43.9 Å². The molecule has 2 rings (SSSR count). The van der Waals surface area contributed by atoms with Crippen molar-refractivity contribution in [3.05, 3.63) is 35.9 Å². The van der Waals surface area contributed by atoms with Crippen LogP contribution in [0.4, 0.5) is 0 Å². The highest BCUT2D eigenvalue weighted by Gasteiger charge is 2.12. The number of carbonyl (C=O) groups excluding carboxylic acids is 1. The summed E-state index contributed by atoms with van der Waals surface area (Å²) in [6.45, 7) is 3.47. The molecular weight excluding hydrogens is 240 g/mol. The minimum Gasteiger partial charge on any atom is -0.497 e. The van der Waals surface area contributed by atoms with Gasteiger partial charge in [0.2, 0.25) is 5.91 Å². The predicted octanol–water partition coefficient (Wildman–Crippen LogP) is 1.53. The number of carbonyl (C=O) groups is 1. The Labute approximate surface area is 114 Å². The lowest BCUT2D eigenvalue weighted by atomic mass is 10.2. The van der Waals surface area contributed by atoms with Gasteiger partial charge >= 0.3 is 0 Å². The molecule has 1 saturated heterocycles. The second-order valence-electron chi connectivity index (χ2n) is 4.54. The van der Waals surface area contributed by atoms with Gasteiger partial charge in [0, 0.05) is 25.7 Å². The fourth-order valence-corrected chi connectivity index (χ4v) is 2.08. The maximum atomic E-state index is 12.1. The molecule has 1 heterocycles. The molecule has 1 aliphatic heterocycles. The first-order valence-corrected chi connectivity index (χ1v) is 6.61. The van der Waals surface area contributed by atoms with Gasteiger partial charge in [-0.1, -0.05) is 12.1 Å². The molecule has 0 atom stereocenters. The zero-order valence-corrected chi connectivity index (χ0v) is 11.3. The summed E-state index contributed by atoms with van der Waals surface area (Å²) in [5.74, 6) is 0.875. The van der Waals surface area contributed by atoms with Gasteiger partial charge in [0.05, 0.1) is 7.11 Å². The Morgan fingerprint density at radius 3 is 3.11 bits per heavy atom. The van der Waals surface area contributed by atoms with Crippen molar-refractivity contribution >= 4 is 12.0 Å². The summed E-state index contributed by atoms with van der Waals surface area (Å²) < 4.78 is 5.16. The average molecular weight is 260 g/mol. The molecule has 1 amide bonds. The zero-order chi connectivity index (χ0) is 13.5. The van der Waals surface area contributed by atoms with Crippen molar-refractivity contribution in [3.63, 3.8) is 0 Å². The number of methoxy groups -OCH3 is 1. The van der Waals surface area contributed by atoms with Crippen LogP contribution in [0.2, 0.25) is 0 Å². The summed E-state index contributed by atoms with van der Waals surface area (Å²) >= 11 is 0. The van der Waals surface area contributed by atoms with E-state index in [0.29, 0.717) is 0 Å². The van der Waals surface area contributed by atoms with E-state index in [1.165, 1.54) is 0 Å². The second kappa shape index (κ2) is 6.95. The van der Waals surface area contributed by atoms with Gasteiger partial charge in [0.1, 0.15) is 5.75 Å². The largest absolute Gasteiger partial charge is 0.497 e. The summed E-state index contributed by atoms with van der Waals surface area (Å²) in [5.41, 5.74) is 0.973.